The van der Waals surface area contributed by atoms with Gasteiger partial charge in [-0.3, -0.25) is 4.79 Å². The Kier molecular flexibility index (Phi) is 2.10. The highest BCUT2D eigenvalue weighted by atomic mass is 16.2. The highest BCUT2D eigenvalue weighted by Crippen LogP contribution is 2.43. The van der Waals surface area contributed by atoms with Gasteiger partial charge in [0.15, 0.2) is 0 Å². The van der Waals surface area contributed by atoms with E-state index < -0.39 is 0 Å². The maximum absolute atomic E-state index is 12.6. The first-order chi connectivity index (χ1) is 9.25. The number of rotatable bonds is 1. The number of carbonyl (C=O) groups excluding carboxylic acids is 1. The summed E-state index contributed by atoms with van der Waals surface area (Å²) in [4.78, 5) is 18.7. The molecule has 0 N–H and O–H groups in total. The number of benzene rings is 1. The van der Waals surface area contributed by atoms with Crippen LogP contribution in [0.5, 0.6) is 0 Å². The van der Waals surface area contributed by atoms with E-state index in [0.717, 1.165) is 16.9 Å². The number of amides is 1. The van der Waals surface area contributed by atoms with Crippen molar-refractivity contribution in [3.05, 3.63) is 47.5 Å². The zero-order valence-corrected chi connectivity index (χ0v) is 10.8. The third-order valence-electron chi connectivity index (χ3n) is 4.03. The van der Waals surface area contributed by atoms with Crippen molar-refractivity contribution in [1.29, 1.82) is 0 Å². The van der Waals surface area contributed by atoms with Crippen molar-refractivity contribution >= 4 is 5.91 Å². The van der Waals surface area contributed by atoms with Gasteiger partial charge in [0.2, 0.25) is 0 Å². The van der Waals surface area contributed by atoms with Gasteiger partial charge < -0.3 is 9.47 Å². The summed E-state index contributed by atoms with van der Waals surface area (Å²) in [5.74, 6) is 0.693. The van der Waals surface area contributed by atoms with Gasteiger partial charge in [-0.15, -0.1) is 0 Å². The van der Waals surface area contributed by atoms with Gasteiger partial charge >= 0.3 is 0 Å². The summed E-state index contributed by atoms with van der Waals surface area (Å²) in [5, 5.41) is 0. The molecule has 1 saturated carbocycles. The quantitative estimate of drug-likeness (QED) is 0.782. The molecular formula is C15H15N3O. The van der Waals surface area contributed by atoms with E-state index in [1.54, 1.807) is 11.2 Å². The number of hydrogen-bond donors (Lipinski definition) is 0. The minimum atomic E-state index is 0.126. The van der Waals surface area contributed by atoms with Crippen LogP contribution in [0.4, 0.5) is 0 Å². The van der Waals surface area contributed by atoms with Crippen molar-refractivity contribution in [2.45, 2.75) is 25.3 Å². The Morgan fingerprint density at radius 3 is 2.95 bits per heavy atom. The van der Waals surface area contributed by atoms with Crippen LogP contribution in [0.3, 0.4) is 0 Å². The van der Waals surface area contributed by atoms with Crippen LogP contribution in [0.15, 0.2) is 30.7 Å². The maximum atomic E-state index is 12.6. The first kappa shape index (κ1) is 10.8. The van der Waals surface area contributed by atoms with Crippen LogP contribution in [0.2, 0.25) is 0 Å². The average molecular weight is 253 g/mol. The molecule has 1 aromatic heterocycles. The number of fused-ring (bicyclic) bond motifs is 3. The fraction of sp³-hybridized carbons (Fsp3) is 0.333. The highest BCUT2D eigenvalue weighted by molar-refractivity contribution is 6.00. The van der Waals surface area contributed by atoms with Crippen LogP contribution in [-0.4, -0.2) is 27.4 Å². The molecule has 1 aliphatic heterocycles. The second-order valence-corrected chi connectivity index (χ2v) is 5.43. The van der Waals surface area contributed by atoms with Crippen molar-refractivity contribution in [1.82, 2.24) is 14.5 Å². The Bertz CT molecular complexity index is 670. The summed E-state index contributed by atoms with van der Waals surface area (Å²) in [6, 6.07) is 6.17. The van der Waals surface area contributed by atoms with Gasteiger partial charge in [0.25, 0.3) is 5.91 Å². The molecule has 4 nitrogen and oxygen atoms in total. The van der Waals surface area contributed by atoms with Gasteiger partial charge in [0.1, 0.15) is 0 Å². The van der Waals surface area contributed by atoms with Crippen molar-refractivity contribution in [3.8, 4) is 5.69 Å². The minimum absolute atomic E-state index is 0.126. The Balaban J connectivity index is 2.02. The van der Waals surface area contributed by atoms with Gasteiger partial charge in [0, 0.05) is 7.05 Å². The number of nitrogens with zero attached hydrogens (tertiary/aromatic N) is 3. The minimum Gasteiger partial charge on any atom is -0.336 e. The lowest BCUT2D eigenvalue weighted by Crippen LogP contribution is -2.25. The van der Waals surface area contributed by atoms with Crippen molar-refractivity contribution in [2.75, 3.05) is 7.05 Å². The monoisotopic (exact) mass is 253 g/mol. The van der Waals surface area contributed by atoms with E-state index >= 15 is 0 Å². The Morgan fingerprint density at radius 1 is 1.32 bits per heavy atom. The third kappa shape index (κ3) is 1.52. The molecule has 0 spiro atoms. The Hall–Kier alpha value is -2.10. The molecule has 1 aliphatic carbocycles. The van der Waals surface area contributed by atoms with Crippen LogP contribution < -0.4 is 0 Å². The smallest absolute Gasteiger partial charge is 0.256 e. The van der Waals surface area contributed by atoms with Gasteiger partial charge in [-0.1, -0.05) is 12.1 Å². The molecule has 0 saturated heterocycles. The normalized spacial score (nSPS) is 17.9. The number of aromatic nitrogens is 2. The fourth-order valence-corrected chi connectivity index (χ4v) is 2.89. The third-order valence-corrected chi connectivity index (χ3v) is 4.03. The van der Waals surface area contributed by atoms with Gasteiger partial charge in [-0.2, -0.15) is 0 Å². The highest BCUT2D eigenvalue weighted by Gasteiger charge is 2.32. The molecule has 0 radical (unpaired) electrons. The Labute approximate surface area is 111 Å². The standard InChI is InChI=1S/C15H15N3O/c1-17-8-11-7-16-9-18(11)13-4-2-3-12(10-5-6-10)14(13)15(17)19/h2-4,7,9-10H,5-6,8H2,1H3. The lowest BCUT2D eigenvalue weighted by molar-refractivity contribution is 0.0787. The number of imidazole rings is 1. The van der Waals surface area contributed by atoms with Gasteiger partial charge in [-0.25, -0.2) is 4.98 Å². The van der Waals surface area contributed by atoms with Crippen LogP contribution in [0.25, 0.3) is 5.69 Å². The van der Waals surface area contributed by atoms with E-state index in [0.29, 0.717) is 12.5 Å². The molecule has 4 rings (SSSR count). The van der Waals surface area contributed by atoms with Crippen molar-refractivity contribution < 1.29 is 4.79 Å². The lowest BCUT2D eigenvalue weighted by atomic mass is 10.0. The molecule has 1 amide bonds. The van der Waals surface area contributed by atoms with E-state index in [2.05, 4.69) is 17.1 Å². The molecule has 2 aromatic rings. The van der Waals surface area contributed by atoms with Crippen molar-refractivity contribution in [2.24, 2.45) is 0 Å². The summed E-state index contributed by atoms with van der Waals surface area (Å²) < 4.78 is 2.04. The van der Waals surface area contributed by atoms with Crippen LogP contribution in [0, 0.1) is 0 Å². The fourth-order valence-electron chi connectivity index (χ4n) is 2.89. The van der Waals surface area contributed by atoms with E-state index in [1.807, 2.05) is 23.9 Å². The zero-order valence-electron chi connectivity index (χ0n) is 10.8. The maximum Gasteiger partial charge on any atom is 0.256 e. The number of carbonyl (C=O) groups is 1. The zero-order chi connectivity index (χ0) is 13.0. The molecule has 1 fully saturated rings. The average Bonchev–Trinajstić information content (AvgIpc) is 3.18. The topological polar surface area (TPSA) is 38.1 Å². The van der Waals surface area contributed by atoms with Crippen molar-refractivity contribution in [3.63, 3.8) is 0 Å². The molecule has 2 heterocycles. The molecule has 96 valence electrons. The number of hydrogen-bond acceptors (Lipinski definition) is 2. The van der Waals surface area contributed by atoms with Gasteiger partial charge in [0.05, 0.1) is 36.0 Å². The molecule has 1 aromatic carbocycles. The summed E-state index contributed by atoms with van der Waals surface area (Å²) in [7, 11) is 1.86. The van der Waals surface area contributed by atoms with E-state index in [-0.39, 0.29) is 5.91 Å². The molecule has 0 unspecified atom stereocenters. The second kappa shape index (κ2) is 3.70. The first-order valence-electron chi connectivity index (χ1n) is 6.65. The summed E-state index contributed by atoms with van der Waals surface area (Å²) in [6.07, 6.45) is 6.04. The molecule has 19 heavy (non-hydrogen) atoms. The van der Waals surface area contributed by atoms with Crippen LogP contribution >= 0.6 is 0 Å². The molecule has 2 aliphatic rings. The first-order valence-corrected chi connectivity index (χ1v) is 6.65. The van der Waals surface area contributed by atoms with E-state index in [1.165, 1.54) is 18.4 Å². The molecule has 4 heteroatoms. The van der Waals surface area contributed by atoms with Gasteiger partial charge in [-0.05, 0) is 30.4 Å². The second-order valence-electron chi connectivity index (χ2n) is 5.43. The predicted octanol–water partition coefficient (Wildman–Crippen LogP) is 2.34. The summed E-state index contributed by atoms with van der Waals surface area (Å²) in [5.41, 5.74) is 4.11. The Morgan fingerprint density at radius 2 is 2.16 bits per heavy atom. The predicted molar refractivity (Wildman–Crippen MR) is 71.3 cm³/mol. The summed E-state index contributed by atoms with van der Waals surface area (Å²) in [6.45, 7) is 0.609. The van der Waals surface area contributed by atoms with Crippen LogP contribution in [0.1, 0.15) is 40.4 Å². The SMILES string of the molecule is CN1Cc2cncn2-c2cccc(C3CC3)c2C1=O. The molecular weight excluding hydrogens is 238 g/mol. The molecule has 0 bridgehead atoms. The largest absolute Gasteiger partial charge is 0.336 e. The van der Waals surface area contributed by atoms with E-state index in [9.17, 15) is 4.79 Å². The van der Waals surface area contributed by atoms with E-state index in [4.69, 9.17) is 0 Å². The van der Waals surface area contributed by atoms with Crippen LogP contribution in [-0.2, 0) is 6.54 Å². The molecule has 0 atom stereocenters. The lowest BCUT2D eigenvalue weighted by Gasteiger charge is -2.16. The summed E-state index contributed by atoms with van der Waals surface area (Å²) >= 11 is 0.